The molecule has 0 aliphatic heterocycles. The molecule has 0 atom stereocenters. The van der Waals surface area contributed by atoms with Gasteiger partial charge < -0.3 is 24.8 Å². The summed E-state index contributed by atoms with van der Waals surface area (Å²) in [6, 6.07) is 44.1. The molecular weight excluding hydrogens is 896 g/mol. The van der Waals surface area contributed by atoms with Gasteiger partial charge >= 0.3 is 67.1 Å². The molecule has 310 valence electrons. The van der Waals surface area contributed by atoms with Crippen LogP contribution in [0.15, 0.2) is 145 Å². The average molecular weight is 945 g/mol. The molecule has 0 bridgehead atoms. The monoisotopic (exact) mass is 942 g/mol. The molecule has 0 unspecified atom stereocenters. The predicted molar refractivity (Wildman–Crippen MR) is 240 cm³/mol. The molecule has 2 fully saturated rings. The van der Waals surface area contributed by atoms with Crippen LogP contribution >= 0.6 is 0 Å². The van der Waals surface area contributed by atoms with Crippen molar-refractivity contribution in [2.45, 2.75) is 76.6 Å². The molecule has 0 saturated heterocycles. The smallest absolute Gasteiger partial charge is 0.0112 e. The number of hydrogen-bond acceptors (Lipinski definition) is 0. The van der Waals surface area contributed by atoms with Crippen LogP contribution in [0, 0.1) is 11.8 Å². The van der Waals surface area contributed by atoms with Crippen LogP contribution in [0.3, 0.4) is 0 Å². The van der Waals surface area contributed by atoms with Crippen LogP contribution in [0.2, 0.25) is 12.6 Å². The van der Waals surface area contributed by atoms with E-state index in [1.165, 1.54) is 151 Å². The minimum Gasteiger partial charge on any atom is -1.00 e. The van der Waals surface area contributed by atoms with E-state index in [-0.39, 0.29) is 24.8 Å². The van der Waals surface area contributed by atoms with Crippen molar-refractivity contribution >= 4 is 51.3 Å². The van der Waals surface area contributed by atoms with E-state index < -0.39 is 18.0 Å². The fraction of sp³-hybridized carbons (Fsp3) is 0.259. The Labute approximate surface area is 386 Å². The zero-order valence-corrected chi connectivity index (χ0v) is 39.4. The van der Waals surface area contributed by atoms with Crippen LogP contribution in [-0.2, 0) is 23.3 Å². The van der Waals surface area contributed by atoms with Gasteiger partial charge in [0.2, 0.25) is 0 Å². The normalized spacial score (nSPS) is 16.8. The van der Waals surface area contributed by atoms with Crippen LogP contribution in [0.1, 0.15) is 57.8 Å². The summed E-state index contributed by atoms with van der Waals surface area (Å²) in [6.07, 6.45) is 23.2. The first-order valence-electron chi connectivity index (χ1n) is 21.2. The van der Waals surface area contributed by atoms with Gasteiger partial charge in [0.1, 0.15) is 0 Å². The molecule has 2 saturated carbocycles. The zero-order valence-electron chi connectivity index (χ0n) is 34.5. The average Bonchev–Trinajstić information content (AvgIpc) is 4.09. The number of hydrogen-bond donors (Lipinski definition) is 0. The fourth-order valence-electron chi connectivity index (χ4n) is 9.01. The van der Waals surface area contributed by atoms with Gasteiger partial charge in [0.15, 0.2) is 0 Å². The number of allylic oxidation sites excluding steroid dienone is 4. The van der Waals surface area contributed by atoms with Gasteiger partial charge in [-0.1, -0.05) is 172 Å². The van der Waals surface area contributed by atoms with Crippen molar-refractivity contribution < 1.29 is 61.3 Å². The summed E-state index contributed by atoms with van der Waals surface area (Å²) in [5, 5.41) is 10.3. The SMILES string of the molecule is C[Si](=[Zr+2])CCC(F)(F)F.[C-]1=c2cccc(-c3cccc4ccccc34)c2=CC1=CC1CCCC1.[C-]1=c2cccc(-c3cccc4ccccc34)c2=CC1=CC1CCCC1.[Cl-].[Cl-]. The standard InChI is InChI=1S/2C25H21.C4H7F3Si.2ClH.Zr/c2*1-2-8-18(7-1)15-19-16-21-11-6-14-24(25(21)17-19)23-13-5-10-20-9-3-4-12-22(20)23;1-8-3-2-4(5,6)7;;;/h2*3-6,9-15,17-18H,1-2,7-8H2;2-3H2,1H3;2*1H;/q2*-1;;;;+2/p-2. The number of benzene rings is 6. The summed E-state index contributed by atoms with van der Waals surface area (Å²) < 4.78 is 34.3. The Bertz CT molecular complexity index is 2640. The Balaban J connectivity index is 0.000000166. The predicted octanol–water partition coefficient (Wildman–Crippen LogP) is 6.26. The number of rotatable bonds is 6. The Kier molecular flexibility index (Phi) is 16.5. The molecule has 4 aliphatic carbocycles. The number of alkyl halides is 3. The quantitative estimate of drug-likeness (QED) is 0.137. The van der Waals surface area contributed by atoms with E-state index in [4.69, 9.17) is 0 Å². The van der Waals surface area contributed by atoms with E-state index in [1.54, 1.807) is 0 Å². The molecule has 0 amide bonds. The first-order chi connectivity index (χ1) is 28.7. The molecule has 0 spiro atoms. The van der Waals surface area contributed by atoms with E-state index in [0.717, 1.165) is 11.8 Å². The van der Waals surface area contributed by atoms with Crippen molar-refractivity contribution in [3.8, 4) is 22.3 Å². The van der Waals surface area contributed by atoms with Crippen molar-refractivity contribution in [2.24, 2.45) is 11.8 Å². The second-order valence-electron chi connectivity index (χ2n) is 16.4. The second-order valence-corrected chi connectivity index (χ2v) is 24.7. The van der Waals surface area contributed by atoms with Crippen LogP contribution in [0.4, 0.5) is 13.2 Å². The molecule has 0 radical (unpaired) electrons. The largest absolute Gasteiger partial charge is 1.00 e. The van der Waals surface area contributed by atoms with Crippen molar-refractivity contribution in [2.75, 3.05) is 0 Å². The van der Waals surface area contributed by atoms with E-state index >= 15 is 0 Å². The Hall–Kier alpha value is -3.73. The molecule has 61 heavy (non-hydrogen) atoms. The molecule has 0 nitrogen and oxygen atoms in total. The maximum atomic E-state index is 11.4. The minimum atomic E-state index is -3.93. The molecule has 4 aliphatic rings. The Morgan fingerprint density at radius 3 is 1.33 bits per heavy atom. The molecule has 0 N–H and O–H groups in total. The summed E-state index contributed by atoms with van der Waals surface area (Å²) in [5.74, 6) is 1.49. The third kappa shape index (κ3) is 11.8. The summed E-state index contributed by atoms with van der Waals surface area (Å²) in [6.45, 7) is 1.93. The second kappa shape index (κ2) is 21.6. The van der Waals surface area contributed by atoms with E-state index in [9.17, 15) is 13.2 Å². The molecular formula is C54H49Cl2F3SiZr-2. The van der Waals surface area contributed by atoms with Crippen LogP contribution in [-0.4, -0.2) is 11.6 Å². The van der Waals surface area contributed by atoms with Crippen LogP contribution in [0.25, 0.3) is 68.1 Å². The topological polar surface area (TPSA) is 0 Å². The first kappa shape index (κ1) is 46.8. The number of halogens is 5. The van der Waals surface area contributed by atoms with E-state index in [2.05, 4.69) is 158 Å². The first-order valence-corrected chi connectivity index (χ1v) is 27.1. The minimum absolute atomic E-state index is 0. The van der Waals surface area contributed by atoms with Gasteiger partial charge in [0, 0.05) is 0 Å². The maximum Gasteiger partial charge on any atom is -0.0112 e. The maximum absolute atomic E-state index is 11.4. The summed E-state index contributed by atoms with van der Waals surface area (Å²) in [5.41, 5.74) is 7.21. The van der Waals surface area contributed by atoms with Crippen molar-refractivity contribution in [3.05, 3.63) is 166 Å². The van der Waals surface area contributed by atoms with Gasteiger partial charge in [-0.3, -0.25) is 0 Å². The van der Waals surface area contributed by atoms with Gasteiger partial charge in [-0.05, 0) is 44.5 Å². The molecule has 6 aromatic carbocycles. The summed E-state index contributed by atoms with van der Waals surface area (Å²) in [7, 11) is 0. The molecule has 0 aromatic heterocycles. The molecule has 10 rings (SSSR count). The van der Waals surface area contributed by atoms with E-state index in [1.807, 2.05) is 6.55 Å². The van der Waals surface area contributed by atoms with Crippen molar-refractivity contribution in [1.82, 2.24) is 0 Å². The fourth-order valence-corrected chi connectivity index (χ4v) is 10.6. The van der Waals surface area contributed by atoms with Crippen molar-refractivity contribution in [3.63, 3.8) is 0 Å². The summed E-state index contributed by atoms with van der Waals surface area (Å²) in [4.78, 5) is 0. The van der Waals surface area contributed by atoms with Crippen LogP contribution < -0.4 is 45.7 Å². The van der Waals surface area contributed by atoms with Crippen molar-refractivity contribution in [1.29, 1.82) is 0 Å². The van der Waals surface area contributed by atoms with E-state index in [0.29, 0.717) is 6.04 Å². The zero-order chi connectivity index (χ0) is 40.8. The Morgan fingerprint density at radius 2 is 0.934 bits per heavy atom. The van der Waals surface area contributed by atoms with Gasteiger partial charge in [-0.25, -0.2) is 0 Å². The molecule has 0 heterocycles. The molecule has 7 heteroatoms. The third-order valence-electron chi connectivity index (χ3n) is 11.9. The van der Waals surface area contributed by atoms with Crippen LogP contribution in [0.5, 0.6) is 0 Å². The van der Waals surface area contributed by atoms with Gasteiger partial charge in [0.25, 0.3) is 0 Å². The Morgan fingerprint density at radius 1 is 0.557 bits per heavy atom. The van der Waals surface area contributed by atoms with Gasteiger partial charge in [-0.2, -0.15) is 0 Å². The van der Waals surface area contributed by atoms with Gasteiger partial charge in [-0.15, -0.1) is 80.6 Å². The number of fused-ring (bicyclic) bond motifs is 4. The van der Waals surface area contributed by atoms with Gasteiger partial charge in [0.05, 0.1) is 0 Å². The summed E-state index contributed by atoms with van der Waals surface area (Å²) >= 11 is 1.29. The molecule has 6 aromatic rings. The third-order valence-corrected chi connectivity index (χ3v) is 14.8.